The average Bonchev–Trinajstić information content (AvgIpc) is 2.97. The summed E-state index contributed by atoms with van der Waals surface area (Å²) in [4.78, 5) is 22.7. The Balaban J connectivity index is 2.17. The van der Waals surface area contributed by atoms with Gasteiger partial charge in [-0.2, -0.15) is 0 Å². The number of urea groups is 1. The lowest BCUT2D eigenvalue weighted by molar-refractivity contribution is -0.122. The van der Waals surface area contributed by atoms with E-state index in [2.05, 4.69) is 16.0 Å². The number of amides is 3. The van der Waals surface area contributed by atoms with E-state index in [1.54, 1.807) is 6.92 Å². The molecule has 15 heavy (non-hydrogen) atoms. The van der Waals surface area contributed by atoms with E-state index in [4.69, 9.17) is 0 Å². The molecule has 0 aromatic carbocycles. The van der Waals surface area contributed by atoms with Crippen LogP contribution in [0.1, 0.15) is 33.1 Å². The van der Waals surface area contributed by atoms with Crippen LogP contribution in [0.4, 0.5) is 4.79 Å². The monoisotopic (exact) mass is 213 g/mol. The molecule has 3 N–H and O–H groups in total. The van der Waals surface area contributed by atoms with Gasteiger partial charge in [0.25, 0.3) is 0 Å². The Morgan fingerprint density at radius 1 is 1.40 bits per heavy atom. The highest BCUT2D eigenvalue weighted by atomic mass is 16.2. The first-order chi connectivity index (χ1) is 7.13. The van der Waals surface area contributed by atoms with Crippen molar-refractivity contribution in [3.05, 3.63) is 0 Å². The maximum atomic E-state index is 11.4. The Labute approximate surface area is 90.0 Å². The van der Waals surface area contributed by atoms with E-state index < -0.39 is 6.04 Å². The number of hydrogen-bond acceptors (Lipinski definition) is 2. The van der Waals surface area contributed by atoms with Crippen molar-refractivity contribution in [2.75, 3.05) is 6.54 Å². The van der Waals surface area contributed by atoms with E-state index in [1.807, 2.05) is 6.92 Å². The molecule has 0 heterocycles. The Bertz CT molecular complexity index is 239. The van der Waals surface area contributed by atoms with Crippen molar-refractivity contribution in [2.45, 2.75) is 45.2 Å². The van der Waals surface area contributed by atoms with E-state index in [0.717, 1.165) is 19.3 Å². The molecule has 0 bridgehead atoms. The number of nitrogens with one attached hydrogen (secondary N) is 3. The highest BCUT2D eigenvalue weighted by Crippen LogP contribution is 2.18. The minimum atomic E-state index is -0.477. The van der Waals surface area contributed by atoms with Crippen molar-refractivity contribution in [1.29, 1.82) is 0 Å². The number of carbonyl (C=O) groups is 2. The van der Waals surface area contributed by atoms with Crippen LogP contribution in [0.2, 0.25) is 0 Å². The largest absolute Gasteiger partial charge is 0.354 e. The number of carbonyl (C=O) groups excluding carboxylic acids is 2. The van der Waals surface area contributed by atoms with Crippen LogP contribution in [0, 0.1) is 0 Å². The molecule has 1 aliphatic carbocycles. The summed E-state index contributed by atoms with van der Waals surface area (Å²) in [5.74, 6) is -0.136. The smallest absolute Gasteiger partial charge is 0.315 e. The minimum absolute atomic E-state index is 0.136. The van der Waals surface area contributed by atoms with Gasteiger partial charge in [-0.3, -0.25) is 4.79 Å². The Hall–Kier alpha value is -1.26. The minimum Gasteiger partial charge on any atom is -0.354 e. The molecule has 86 valence electrons. The molecule has 1 unspecified atom stereocenters. The van der Waals surface area contributed by atoms with E-state index in [1.165, 1.54) is 0 Å². The zero-order chi connectivity index (χ0) is 11.3. The summed E-state index contributed by atoms with van der Waals surface area (Å²) in [7, 11) is 0. The van der Waals surface area contributed by atoms with E-state index in [-0.39, 0.29) is 11.9 Å². The van der Waals surface area contributed by atoms with Crippen LogP contribution in [-0.4, -0.2) is 30.6 Å². The highest BCUT2D eigenvalue weighted by molar-refractivity contribution is 5.86. The van der Waals surface area contributed by atoms with E-state index in [0.29, 0.717) is 12.6 Å². The third-order valence-corrected chi connectivity index (χ3v) is 2.20. The quantitative estimate of drug-likeness (QED) is 0.617. The second-order valence-corrected chi connectivity index (χ2v) is 3.90. The molecule has 0 aromatic heterocycles. The predicted molar refractivity (Wildman–Crippen MR) is 57.5 cm³/mol. The fourth-order valence-electron chi connectivity index (χ4n) is 1.12. The molecule has 1 saturated carbocycles. The summed E-state index contributed by atoms with van der Waals surface area (Å²) in [6.45, 7) is 4.31. The fourth-order valence-corrected chi connectivity index (χ4v) is 1.12. The zero-order valence-corrected chi connectivity index (χ0v) is 9.30. The summed E-state index contributed by atoms with van der Waals surface area (Å²) in [6, 6.07) is -0.414. The van der Waals surface area contributed by atoms with Gasteiger partial charge in [-0.25, -0.2) is 4.79 Å². The van der Waals surface area contributed by atoms with Gasteiger partial charge in [0.2, 0.25) is 5.91 Å². The van der Waals surface area contributed by atoms with Gasteiger partial charge < -0.3 is 16.0 Å². The normalized spacial score (nSPS) is 16.7. The van der Waals surface area contributed by atoms with Crippen LogP contribution < -0.4 is 16.0 Å². The fraction of sp³-hybridized carbons (Fsp3) is 0.800. The summed E-state index contributed by atoms with van der Waals surface area (Å²) in [5.41, 5.74) is 0. The lowest BCUT2D eigenvalue weighted by Crippen LogP contribution is -2.49. The number of hydrogen-bond donors (Lipinski definition) is 3. The Kier molecular flexibility index (Phi) is 4.39. The molecule has 3 amide bonds. The van der Waals surface area contributed by atoms with Gasteiger partial charge in [0, 0.05) is 12.6 Å². The first-order valence-electron chi connectivity index (χ1n) is 5.48. The SMILES string of the molecule is CCCNC(=O)C(C)NC(=O)NC1CC1. The molecule has 1 rings (SSSR count). The molecule has 5 heteroatoms. The maximum absolute atomic E-state index is 11.4. The Morgan fingerprint density at radius 3 is 2.60 bits per heavy atom. The van der Waals surface area contributed by atoms with Crippen LogP contribution >= 0.6 is 0 Å². The van der Waals surface area contributed by atoms with Crippen LogP contribution in [0.15, 0.2) is 0 Å². The van der Waals surface area contributed by atoms with Crippen molar-refractivity contribution in [1.82, 2.24) is 16.0 Å². The second kappa shape index (κ2) is 5.58. The first kappa shape index (κ1) is 11.8. The van der Waals surface area contributed by atoms with Gasteiger partial charge in [0.1, 0.15) is 6.04 Å². The van der Waals surface area contributed by atoms with Crippen molar-refractivity contribution < 1.29 is 9.59 Å². The Morgan fingerprint density at radius 2 is 2.07 bits per heavy atom. The number of rotatable bonds is 5. The van der Waals surface area contributed by atoms with Gasteiger partial charge >= 0.3 is 6.03 Å². The lowest BCUT2D eigenvalue weighted by atomic mass is 10.3. The first-order valence-corrected chi connectivity index (χ1v) is 5.48. The van der Waals surface area contributed by atoms with Crippen molar-refractivity contribution in [2.24, 2.45) is 0 Å². The van der Waals surface area contributed by atoms with Gasteiger partial charge in [0.05, 0.1) is 0 Å². The molecule has 1 fully saturated rings. The third-order valence-electron chi connectivity index (χ3n) is 2.20. The molecule has 0 spiro atoms. The topological polar surface area (TPSA) is 70.2 Å². The van der Waals surface area contributed by atoms with Crippen molar-refractivity contribution in [3.63, 3.8) is 0 Å². The standard InChI is InChI=1S/C10H19N3O2/c1-3-6-11-9(14)7(2)12-10(15)13-8-4-5-8/h7-8H,3-6H2,1-2H3,(H,11,14)(H2,12,13,15). The lowest BCUT2D eigenvalue weighted by Gasteiger charge is -2.14. The van der Waals surface area contributed by atoms with Crippen LogP contribution in [0.3, 0.4) is 0 Å². The zero-order valence-electron chi connectivity index (χ0n) is 9.30. The average molecular weight is 213 g/mol. The molecule has 0 aromatic rings. The van der Waals surface area contributed by atoms with Crippen LogP contribution in [-0.2, 0) is 4.79 Å². The van der Waals surface area contributed by atoms with Crippen molar-refractivity contribution in [3.8, 4) is 0 Å². The molecule has 0 saturated heterocycles. The van der Waals surface area contributed by atoms with Gasteiger partial charge in [0.15, 0.2) is 0 Å². The van der Waals surface area contributed by atoms with Crippen molar-refractivity contribution >= 4 is 11.9 Å². The molecule has 1 atom stereocenters. The highest BCUT2D eigenvalue weighted by Gasteiger charge is 2.24. The van der Waals surface area contributed by atoms with Gasteiger partial charge in [-0.1, -0.05) is 6.92 Å². The molecular formula is C10H19N3O2. The molecule has 0 radical (unpaired) electrons. The van der Waals surface area contributed by atoms with Crippen LogP contribution in [0.5, 0.6) is 0 Å². The molecular weight excluding hydrogens is 194 g/mol. The van der Waals surface area contributed by atoms with E-state index in [9.17, 15) is 9.59 Å². The molecule has 1 aliphatic rings. The third kappa shape index (κ3) is 4.67. The van der Waals surface area contributed by atoms with Gasteiger partial charge in [-0.05, 0) is 26.2 Å². The summed E-state index contributed by atoms with van der Waals surface area (Å²) in [6.07, 6.45) is 2.99. The summed E-state index contributed by atoms with van der Waals surface area (Å²) < 4.78 is 0. The predicted octanol–water partition coefficient (Wildman–Crippen LogP) is 0.363. The van der Waals surface area contributed by atoms with Crippen LogP contribution in [0.25, 0.3) is 0 Å². The molecule has 5 nitrogen and oxygen atoms in total. The van der Waals surface area contributed by atoms with E-state index >= 15 is 0 Å². The summed E-state index contributed by atoms with van der Waals surface area (Å²) in [5, 5.41) is 8.09. The summed E-state index contributed by atoms with van der Waals surface area (Å²) >= 11 is 0. The second-order valence-electron chi connectivity index (χ2n) is 3.90. The van der Waals surface area contributed by atoms with Gasteiger partial charge in [-0.15, -0.1) is 0 Å². The molecule has 0 aliphatic heterocycles. The maximum Gasteiger partial charge on any atom is 0.315 e.